The standard InChI is InChI=1S/C28H36O15/c1-37-26-16(40-27-24(35)22(33)20(31)18(9-29)42-27)7-13(3-2-12-4-5-14-15(6-12)39-11-38-14)8-17(26)41-28-25(36)23(34)21(32)19(10-30)43-28/h4-8,18-25,27-36H,2-3,9-11H2,1H3/t18-,19-,20-,21-,22+,23+,24-,25-,27-,28-/m1/s1. The number of methoxy groups -OCH3 is 1. The van der Waals surface area contributed by atoms with Crippen molar-refractivity contribution in [3.05, 3.63) is 41.5 Å². The van der Waals surface area contributed by atoms with Crippen LogP contribution in [0.15, 0.2) is 30.3 Å². The second kappa shape index (κ2) is 13.4. The predicted octanol–water partition coefficient (Wildman–Crippen LogP) is -2.43. The smallest absolute Gasteiger partial charge is 0.231 e. The van der Waals surface area contributed by atoms with E-state index in [2.05, 4.69) is 0 Å². The summed E-state index contributed by atoms with van der Waals surface area (Å²) in [6.07, 6.45) is -14.6. The number of ether oxygens (including phenoxy) is 7. The summed E-state index contributed by atoms with van der Waals surface area (Å²) in [5.41, 5.74) is 1.53. The Morgan fingerprint density at radius 2 is 1.16 bits per heavy atom. The molecule has 0 unspecified atom stereocenters. The lowest BCUT2D eigenvalue weighted by molar-refractivity contribution is -0.279. The molecule has 2 aromatic carbocycles. The summed E-state index contributed by atoms with van der Waals surface area (Å²) < 4.78 is 39.1. The van der Waals surface area contributed by atoms with Gasteiger partial charge < -0.3 is 74.0 Å². The van der Waals surface area contributed by atoms with E-state index in [0.717, 1.165) is 5.56 Å². The second-order valence-corrected chi connectivity index (χ2v) is 10.4. The molecular formula is C28H36O15. The maximum absolute atomic E-state index is 10.6. The summed E-state index contributed by atoms with van der Waals surface area (Å²) in [7, 11) is 1.29. The van der Waals surface area contributed by atoms with Crippen molar-refractivity contribution in [1.29, 1.82) is 0 Å². The van der Waals surface area contributed by atoms with Crippen LogP contribution < -0.4 is 23.7 Å². The number of hydrogen-bond acceptors (Lipinski definition) is 15. The summed E-state index contributed by atoms with van der Waals surface area (Å²) >= 11 is 0. The highest BCUT2D eigenvalue weighted by molar-refractivity contribution is 5.54. The molecule has 0 aromatic heterocycles. The van der Waals surface area contributed by atoms with Gasteiger partial charge in [-0.05, 0) is 48.2 Å². The van der Waals surface area contributed by atoms with Gasteiger partial charge in [-0.25, -0.2) is 0 Å². The molecule has 3 heterocycles. The molecule has 0 aliphatic carbocycles. The molecule has 2 fully saturated rings. The average molecular weight is 613 g/mol. The Labute approximate surface area is 245 Å². The SMILES string of the molecule is COc1c(O[C@@H]2O[C@H](CO)[C@@H](O)[C@H](O)[C@H]2O)cc(CCc2ccc3c(c2)OCO3)cc1O[C@@H]1O[C@H](CO)[C@@H](O)[C@H](O)[C@H]1O. The van der Waals surface area contributed by atoms with Crippen molar-refractivity contribution < 1.29 is 74.0 Å². The van der Waals surface area contributed by atoms with Crippen molar-refractivity contribution in [2.75, 3.05) is 27.1 Å². The minimum absolute atomic E-state index is 0.0328. The van der Waals surface area contributed by atoms with Crippen LogP contribution in [0.3, 0.4) is 0 Å². The molecule has 0 amide bonds. The summed E-state index contributed by atoms with van der Waals surface area (Å²) in [5, 5.41) is 81.1. The Kier molecular flexibility index (Phi) is 9.77. The van der Waals surface area contributed by atoms with Crippen LogP contribution in [0.5, 0.6) is 28.7 Å². The van der Waals surface area contributed by atoms with Crippen LogP contribution in [-0.2, 0) is 22.3 Å². The van der Waals surface area contributed by atoms with Crippen LogP contribution in [0, 0.1) is 0 Å². The Bertz CT molecular complexity index is 1180. The highest BCUT2D eigenvalue weighted by Crippen LogP contribution is 2.42. The van der Waals surface area contributed by atoms with E-state index in [1.165, 1.54) is 7.11 Å². The highest BCUT2D eigenvalue weighted by Gasteiger charge is 2.46. The zero-order valence-corrected chi connectivity index (χ0v) is 23.1. The van der Waals surface area contributed by atoms with E-state index in [9.17, 15) is 40.9 Å². The van der Waals surface area contributed by atoms with E-state index in [1.54, 1.807) is 18.2 Å². The number of aryl methyl sites for hydroxylation is 2. The molecule has 0 saturated carbocycles. The van der Waals surface area contributed by atoms with Gasteiger partial charge in [0.15, 0.2) is 23.0 Å². The summed E-state index contributed by atoms with van der Waals surface area (Å²) in [4.78, 5) is 0. The molecule has 8 N–H and O–H groups in total. The minimum Gasteiger partial charge on any atom is -0.490 e. The Balaban J connectivity index is 1.45. The van der Waals surface area contributed by atoms with Gasteiger partial charge in [-0.15, -0.1) is 0 Å². The first-order valence-electron chi connectivity index (χ1n) is 13.7. The lowest BCUT2D eigenvalue weighted by Gasteiger charge is -2.40. The maximum atomic E-state index is 10.6. The normalized spacial score (nSPS) is 33.7. The lowest BCUT2D eigenvalue weighted by atomic mass is 9.99. The molecule has 0 bridgehead atoms. The van der Waals surface area contributed by atoms with Gasteiger partial charge in [0, 0.05) is 0 Å². The zero-order chi connectivity index (χ0) is 30.8. The maximum Gasteiger partial charge on any atom is 0.231 e. The molecule has 3 aliphatic heterocycles. The molecule has 5 rings (SSSR count). The fraction of sp³-hybridized carbons (Fsp3) is 0.571. The molecule has 3 aliphatic rings. The summed E-state index contributed by atoms with van der Waals surface area (Å²) in [5.74, 6) is 1.13. The highest BCUT2D eigenvalue weighted by atomic mass is 16.7. The average Bonchev–Trinajstić information content (AvgIpc) is 3.48. The van der Waals surface area contributed by atoms with Crippen LogP contribution >= 0.6 is 0 Å². The molecule has 0 spiro atoms. The summed E-state index contributed by atoms with van der Waals surface area (Å²) in [6.45, 7) is -1.19. The van der Waals surface area contributed by atoms with E-state index < -0.39 is 74.6 Å². The van der Waals surface area contributed by atoms with Crippen LogP contribution in [0.25, 0.3) is 0 Å². The quantitative estimate of drug-likeness (QED) is 0.140. The van der Waals surface area contributed by atoms with Crippen molar-refractivity contribution in [2.24, 2.45) is 0 Å². The molecular weight excluding hydrogens is 576 g/mol. The number of hydrogen-bond donors (Lipinski definition) is 8. The van der Waals surface area contributed by atoms with Crippen LogP contribution in [0.4, 0.5) is 0 Å². The monoisotopic (exact) mass is 612 g/mol. The molecule has 0 radical (unpaired) electrons. The lowest BCUT2D eigenvalue weighted by Crippen LogP contribution is -2.60. The van der Waals surface area contributed by atoms with Crippen LogP contribution in [-0.4, -0.2) is 129 Å². The van der Waals surface area contributed by atoms with Crippen LogP contribution in [0.1, 0.15) is 11.1 Å². The van der Waals surface area contributed by atoms with E-state index in [1.807, 2.05) is 12.1 Å². The van der Waals surface area contributed by atoms with Gasteiger partial charge in [-0.3, -0.25) is 0 Å². The number of aliphatic hydroxyl groups is 8. The van der Waals surface area contributed by atoms with Gasteiger partial charge in [-0.2, -0.15) is 0 Å². The molecule has 238 valence electrons. The van der Waals surface area contributed by atoms with E-state index in [4.69, 9.17) is 33.2 Å². The van der Waals surface area contributed by atoms with Gasteiger partial charge in [0.1, 0.15) is 48.8 Å². The number of aliphatic hydroxyl groups excluding tert-OH is 8. The topological polar surface area (TPSA) is 226 Å². The minimum atomic E-state index is -1.71. The fourth-order valence-corrected chi connectivity index (χ4v) is 5.12. The van der Waals surface area contributed by atoms with Gasteiger partial charge >= 0.3 is 0 Å². The molecule has 2 aromatic rings. The van der Waals surface area contributed by atoms with Gasteiger partial charge in [0.25, 0.3) is 0 Å². The number of benzene rings is 2. The van der Waals surface area contributed by atoms with Crippen LogP contribution in [0.2, 0.25) is 0 Å². The number of fused-ring (bicyclic) bond motifs is 1. The first-order valence-corrected chi connectivity index (χ1v) is 13.7. The number of rotatable bonds is 10. The second-order valence-electron chi connectivity index (χ2n) is 10.4. The first kappa shape index (κ1) is 31.5. The molecule has 43 heavy (non-hydrogen) atoms. The van der Waals surface area contributed by atoms with Gasteiger partial charge in [0.2, 0.25) is 25.1 Å². The Morgan fingerprint density at radius 3 is 1.67 bits per heavy atom. The molecule has 15 nitrogen and oxygen atoms in total. The predicted molar refractivity (Wildman–Crippen MR) is 142 cm³/mol. The largest absolute Gasteiger partial charge is 0.490 e. The van der Waals surface area contributed by atoms with Crippen molar-refractivity contribution >= 4 is 0 Å². The third-order valence-electron chi connectivity index (χ3n) is 7.61. The third kappa shape index (κ3) is 6.46. The van der Waals surface area contributed by atoms with Crippen molar-refractivity contribution in [2.45, 2.75) is 74.3 Å². The van der Waals surface area contributed by atoms with Gasteiger partial charge in [0.05, 0.1) is 20.3 Å². The van der Waals surface area contributed by atoms with Crippen molar-refractivity contribution in [3.8, 4) is 28.7 Å². The van der Waals surface area contributed by atoms with Crippen molar-refractivity contribution in [3.63, 3.8) is 0 Å². The molecule has 15 heteroatoms. The van der Waals surface area contributed by atoms with Gasteiger partial charge in [-0.1, -0.05) is 6.07 Å². The van der Waals surface area contributed by atoms with E-state index in [0.29, 0.717) is 29.9 Å². The molecule has 10 atom stereocenters. The van der Waals surface area contributed by atoms with Crippen molar-refractivity contribution in [1.82, 2.24) is 0 Å². The third-order valence-corrected chi connectivity index (χ3v) is 7.61. The molecule has 2 saturated heterocycles. The summed E-state index contributed by atoms with van der Waals surface area (Å²) in [6, 6.07) is 8.68. The first-order chi connectivity index (χ1) is 20.6. The fourth-order valence-electron chi connectivity index (χ4n) is 5.12. The van der Waals surface area contributed by atoms with E-state index in [-0.39, 0.29) is 24.0 Å². The zero-order valence-electron chi connectivity index (χ0n) is 23.1. The van der Waals surface area contributed by atoms with E-state index >= 15 is 0 Å². The Hall–Kier alpha value is -2.96. The Morgan fingerprint density at radius 1 is 0.651 bits per heavy atom.